The van der Waals surface area contributed by atoms with Gasteiger partial charge < -0.3 is 14.8 Å². The molecule has 0 heterocycles. The van der Waals surface area contributed by atoms with Crippen molar-refractivity contribution in [2.75, 3.05) is 13.7 Å². The minimum Gasteiger partial charge on any atom is -0.497 e. The SMILES string of the molecule is COc1ccc(CCNCc2ccc(OC(C)C)c(Cl)c2)cc1. The Hall–Kier alpha value is -1.71. The fourth-order valence-electron chi connectivity index (χ4n) is 2.26. The number of rotatable bonds is 8. The maximum Gasteiger partial charge on any atom is 0.138 e. The first kappa shape index (κ1) is 17.6. The number of benzene rings is 2. The summed E-state index contributed by atoms with van der Waals surface area (Å²) in [5.74, 6) is 1.63. The van der Waals surface area contributed by atoms with E-state index in [2.05, 4.69) is 17.4 Å². The van der Waals surface area contributed by atoms with Crippen molar-refractivity contribution in [1.29, 1.82) is 0 Å². The third-order valence-electron chi connectivity index (χ3n) is 3.44. The predicted octanol–water partition coefficient (Wildman–Crippen LogP) is 4.47. The van der Waals surface area contributed by atoms with Crippen molar-refractivity contribution < 1.29 is 9.47 Å². The lowest BCUT2D eigenvalue weighted by atomic mass is 10.1. The molecule has 0 radical (unpaired) electrons. The second-order valence-corrected chi connectivity index (χ2v) is 6.11. The molecule has 2 aromatic carbocycles. The zero-order valence-electron chi connectivity index (χ0n) is 13.9. The Labute approximate surface area is 143 Å². The van der Waals surface area contributed by atoms with Gasteiger partial charge in [-0.3, -0.25) is 0 Å². The molecule has 0 aromatic heterocycles. The van der Waals surface area contributed by atoms with Crippen LogP contribution >= 0.6 is 11.6 Å². The molecule has 0 aliphatic carbocycles. The summed E-state index contributed by atoms with van der Waals surface area (Å²) < 4.78 is 10.8. The first-order chi connectivity index (χ1) is 11.1. The lowest BCUT2D eigenvalue weighted by Crippen LogP contribution is -2.16. The summed E-state index contributed by atoms with van der Waals surface area (Å²) in [4.78, 5) is 0. The van der Waals surface area contributed by atoms with Crippen molar-refractivity contribution in [3.8, 4) is 11.5 Å². The smallest absolute Gasteiger partial charge is 0.138 e. The Morgan fingerprint density at radius 1 is 1.04 bits per heavy atom. The van der Waals surface area contributed by atoms with Crippen molar-refractivity contribution in [2.24, 2.45) is 0 Å². The molecule has 3 nitrogen and oxygen atoms in total. The van der Waals surface area contributed by atoms with Gasteiger partial charge in [0.15, 0.2) is 0 Å². The van der Waals surface area contributed by atoms with Crippen LogP contribution in [0.15, 0.2) is 42.5 Å². The van der Waals surface area contributed by atoms with Gasteiger partial charge in [-0.05, 0) is 62.2 Å². The Balaban J connectivity index is 1.78. The van der Waals surface area contributed by atoms with Crippen LogP contribution in [0.1, 0.15) is 25.0 Å². The summed E-state index contributed by atoms with van der Waals surface area (Å²) in [7, 11) is 1.68. The maximum atomic E-state index is 6.25. The minimum absolute atomic E-state index is 0.126. The summed E-state index contributed by atoms with van der Waals surface area (Å²) in [6, 6.07) is 14.1. The van der Waals surface area contributed by atoms with E-state index in [1.165, 1.54) is 5.56 Å². The van der Waals surface area contributed by atoms with Gasteiger partial charge in [-0.15, -0.1) is 0 Å². The second-order valence-electron chi connectivity index (χ2n) is 5.71. The Bertz CT molecular complexity index is 611. The minimum atomic E-state index is 0.126. The van der Waals surface area contributed by atoms with Crippen molar-refractivity contribution >= 4 is 11.6 Å². The van der Waals surface area contributed by atoms with E-state index in [9.17, 15) is 0 Å². The van der Waals surface area contributed by atoms with E-state index in [0.717, 1.165) is 36.6 Å². The molecule has 4 heteroatoms. The lowest BCUT2D eigenvalue weighted by Gasteiger charge is -2.12. The number of methoxy groups -OCH3 is 1. The Morgan fingerprint density at radius 2 is 1.74 bits per heavy atom. The van der Waals surface area contributed by atoms with E-state index in [1.807, 2.05) is 44.2 Å². The van der Waals surface area contributed by atoms with E-state index < -0.39 is 0 Å². The van der Waals surface area contributed by atoms with Gasteiger partial charge in [0.2, 0.25) is 0 Å². The van der Waals surface area contributed by atoms with E-state index in [4.69, 9.17) is 21.1 Å². The maximum absolute atomic E-state index is 6.25. The molecule has 0 spiro atoms. The van der Waals surface area contributed by atoms with Gasteiger partial charge in [0.1, 0.15) is 11.5 Å². The largest absolute Gasteiger partial charge is 0.497 e. The topological polar surface area (TPSA) is 30.5 Å². The van der Waals surface area contributed by atoms with E-state index in [0.29, 0.717) is 5.02 Å². The predicted molar refractivity (Wildman–Crippen MR) is 95.6 cm³/mol. The fraction of sp³-hybridized carbons (Fsp3) is 0.368. The van der Waals surface area contributed by atoms with Crippen LogP contribution in [0, 0.1) is 0 Å². The molecule has 0 saturated heterocycles. The zero-order chi connectivity index (χ0) is 16.7. The lowest BCUT2D eigenvalue weighted by molar-refractivity contribution is 0.242. The van der Waals surface area contributed by atoms with E-state index >= 15 is 0 Å². The summed E-state index contributed by atoms with van der Waals surface area (Å²) >= 11 is 6.25. The van der Waals surface area contributed by atoms with E-state index in [1.54, 1.807) is 7.11 Å². The van der Waals surface area contributed by atoms with Crippen LogP contribution in [-0.4, -0.2) is 19.8 Å². The standard InChI is InChI=1S/C19H24ClNO2/c1-14(2)23-19-9-6-16(12-18(19)20)13-21-11-10-15-4-7-17(22-3)8-5-15/h4-9,12,14,21H,10-11,13H2,1-3H3. The molecule has 0 bridgehead atoms. The molecule has 124 valence electrons. The van der Waals surface area contributed by atoms with Gasteiger partial charge in [-0.2, -0.15) is 0 Å². The molecule has 0 fully saturated rings. The molecule has 0 aliphatic rings. The average molecular weight is 334 g/mol. The van der Waals surface area contributed by atoms with Crippen molar-refractivity contribution in [2.45, 2.75) is 32.9 Å². The molecular weight excluding hydrogens is 310 g/mol. The number of halogens is 1. The summed E-state index contributed by atoms with van der Waals surface area (Å²) in [5.41, 5.74) is 2.44. The molecular formula is C19H24ClNO2. The highest BCUT2D eigenvalue weighted by molar-refractivity contribution is 6.32. The summed E-state index contributed by atoms with van der Waals surface area (Å²) in [6.07, 6.45) is 1.10. The molecule has 0 aliphatic heterocycles. The third kappa shape index (κ3) is 5.77. The van der Waals surface area contributed by atoms with E-state index in [-0.39, 0.29) is 6.10 Å². The normalized spacial score (nSPS) is 10.8. The van der Waals surface area contributed by atoms with Gasteiger partial charge in [0, 0.05) is 6.54 Å². The first-order valence-electron chi connectivity index (χ1n) is 7.87. The van der Waals surface area contributed by atoms with Crippen LogP contribution in [0.2, 0.25) is 5.02 Å². The Kier molecular flexibility index (Phi) is 6.75. The Morgan fingerprint density at radius 3 is 2.35 bits per heavy atom. The van der Waals surface area contributed by atoms with Gasteiger partial charge >= 0.3 is 0 Å². The second kappa shape index (κ2) is 8.80. The van der Waals surface area contributed by atoms with Gasteiger partial charge in [-0.25, -0.2) is 0 Å². The molecule has 1 N–H and O–H groups in total. The fourth-order valence-corrected chi connectivity index (χ4v) is 2.51. The molecule has 0 unspecified atom stereocenters. The molecule has 2 aromatic rings. The number of ether oxygens (including phenoxy) is 2. The highest BCUT2D eigenvalue weighted by atomic mass is 35.5. The quantitative estimate of drug-likeness (QED) is 0.723. The van der Waals surface area contributed by atoms with Crippen molar-refractivity contribution in [3.05, 3.63) is 58.6 Å². The molecule has 0 amide bonds. The van der Waals surface area contributed by atoms with Gasteiger partial charge in [0.25, 0.3) is 0 Å². The van der Waals surface area contributed by atoms with Crippen molar-refractivity contribution in [3.63, 3.8) is 0 Å². The zero-order valence-corrected chi connectivity index (χ0v) is 14.7. The molecule has 0 atom stereocenters. The molecule has 2 rings (SSSR count). The number of hydrogen-bond donors (Lipinski definition) is 1. The summed E-state index contributed by atoms with van der Waals surface area (Å²) in [6.45, 7) is 5.68. The third-order valence-corrected chi connectivity index (χ3v) is 3.73. The average Bonchev–Trinajstić information content (AvgIpc) is 2.54. The van der Waals surface area contributed by atoms with Crippen molar-refractivity contribution in [1.82, 2.24) is 5.32 Å². The van der Waals surface area contributed by atoms with Crippen LogP contribution in [-0.2, 0) is 13.0 Å². The van der Waals surface area contributed by atoms with Crippen LogP contribution in [0.5, 0.6) is 11.5 Å². The first-order valence-corrected chi connectivity index (χ1v) is 8.25. The van der Waals surface area contributed by atoms with Gasteiger partial charge in [0.05, 0.1) is 18.2 Å². The monoisotopic (exact) mass is 333 g/mol. The molecule has 23 heavy (non-hydrogen) atoms. The van der Waals surface area contributed by atoms with Gasteiger partial charge in [-0.1, -0.05) is 29.8 Å². The molecule has 0 saturated carbocycles. The number of nitrogens with one attached hydrogen (secondary N) is 1. The van der Waals surface area contributed by atoms with Crippen LogP contribution in [0.4, 0.5) is 0 Å². The van der Waals surface area contributed by atoms with Crippen LogP contribution < -0.4 is 14.8 Å². The van der Waals surface area contributed by atoms with Crippen LogP contribution in [0.3, 0.4) is 0 Å². The highest BCUT2D eigenvalue weighted by Gasteiger charge is 2.05. The van der Waals surface area contributed by atoms with Crippen LogP contribution in [0.25, 0.3) is 0 Å². The number of hydrogen-bond acceptors (Lipinski definition) is 3. The highest BCUT2D eigenvalue weighted by Crippen LogP contribution is 2.26. The summed E-state index contributed by atoms with van der Waals surface area (Å²) in [5, 5.41) is 4.10.